The fraction of sp³-hybridized carbons (Fsp3) is 0.484. The Hall–Kier alpha value is -3.36. The smallest absolute Gasteiger partial charge is 0.319 e. The van der Waals surface area contributed by atoms with Crippen LogP contribution in [-0.4, -0.2) is 40.9 Å². The minimum absolute atomic E-state index is 0.0264. The van der Waals surface area contributed by atoms with Gasteiger partial charge in [0.1, 0.15) is 5.75 Å². The largest absolute Gasteiger partial charge is 0.506 e. The molecule has 1 atom stereocenters. The second-order valence-electron chi connectivity index (χ2n) is 12.2. The summed E-state index contributed by atoms with van der Waals surface area (Å²) in [6.07, 6.45) is 7.98. The van der Waals surface area contributed by atoms with E-state index in [9.17, 15) is 19.8 Å². The van der Waals surface area contributed by atoms with Gasteiger partial charge in [-0.15, -0.1) is 0 Å². The molecule has 1 aromatic heterocycles. The summed E-state index contributed by atoms with van der Waals surface area (Å²) >= 11 is 0. The molecule has 6 N–H and O–H groups in total. The van der Waals surface area contributed by atoms with Gasteiger partial charge in [0.15, 0.2) is 0 Å². The number of hydrogen-bond donors (Lipinski definition) is 6. The van der Waals surface area contributed by atoms with E-state index in [0.29, 0.717) is 35.0 Å². The van der Waals surface area contributed by atoms with Crippen molar-refractivity contribution < 1.29 is 15.0 Å². The molecule has 4 fully saturated rings. The van der Waals surface area contributed by atoms with Crippen LogP contribution in [0.5, 0.6) is 5.75 Å². The van der Waals surface area contributed by atoms with Gasteiger partial charge in [0.2, 0.25) is 5.56 Å². The van der Waals surface area contributed by atoms with Crippen molar-refractivity contribution in [1.29, 1.82) is 0 Å². The van der Waals surface area contributed by atoms with Crippen LogP contribution in [0.1, 0.15) is 55.8 Å². The number of aromatic nitrogens is 1. The zero-order valence-corrected chi connectivity index (χ0v) is 22.2. The predicted octanol–water partition coefficient (Wildman–Crippen LogP) is 4.44. The molecule has 0 unspecified atom stereocenters. The summed E-state index contributed by atoms with van der Waals surface area (Å²) in [5.41, 5.74) is 2.83. The van der Waals surface area contributed by atoms with Gasteiger partial charge in [0, 0.05) is 30.2 Å². The summed E-state index contributed by atoms with van der Waals surface area (Å²) in [7, 11) is 0. The number of phenolic OH excluding ortho intramolecular Hbond substituents is 1. The number of hydrogen-bond acceptors (Lipinski definition) is 5. The van der Waals surface area contributed by atoms with Gasteiger partial charge in [-0.1, -0.05) is 18.2 Å². The van der Waals surface area contributed by atoms with Gasteiger partial charge in [-0.3, -0.25) is 4.79 Å². The average Bonchev–Trinajstić information content (AvgIpc) is 2.90. The Morgan fingerprint density at radius 2 is 1.77 bits per heavy atom. The van der Waals surface area contributed by atoms with Crippen LogP contribution >= 0.6 is 0 Å². The van der Waals surface area contributed by atoms with Crippen LogP contribution < -0.4 is 21.5 Å². The number of carbonyl (C=O) groups excluding carboxylic acids is 1. The summed E-state index contributed by atoms with van der Waals surface area (Å²) in [5.74, 6) is 2.59. The standard InChI is InChI=1S/C31H38N4O4/c36-26-6-4-24(25-5-7-28(38)35-29(25)26)27(37)17-32-9-8-19-2-1-3-23(13-19)34-30(39)33-18-31-14-20-10-21(15-31)12-22(11-20)16-31/h1-7,13,20-22,27,32,36-37H,8-12,14-18H2,(H,35,38)(H2,33,34,39)/t20?,21?,22?,27-,31?/m1/s1. The van der Waals surface area contributed by atoms with E-state index >= 15 is 0 Å². The molecule has 206 valence electrons. The van der Waals surface area contributed by atoms with Gasteiger partial charge in [-0.05, 0) is 110 Å². The number of fused-ring (bicyclic) bond motifs is 1. The van der Waals surface area contributed by atoms with E-state index in [1.54, 1.807) is 12.1 Å². The molecule has 0 radical (unpaired) electrons. The lowest BCUT2D eigenvalue weighted by molar-refractivity contribution is -0.0496. The Morgan fingerprint density at radius 1 is 1.03 bits per heavy atom. The Balaban J connectivity index is 0.977. The van der Waals surface area contributed by atoms with Crippen LogP contribution in [0.25, 0.3) is 10.9 Å². The molecule has 1 heterocycles. The maximum atomic E-state index is 12.7. The lowest BCUT2D eigenvalue weighted by Gasteiger charge is -2.56. The van der Waals surface area contributed by atoms with Gasteiger partial charge in [0.25, 0.3) is 0 Å². The van der Waals surface area contributed by atoms with Gasteiger partial charge in [-0.2, -0.15) is 0 Å². The molecule has 7 rings (SSSR count). The molecule has 0 spiro atoms. The third-order valence-corrected chi connectivity index (χ3v) is 9.17. The summed E-state index contributed by atoms with van der Waals surface area (Å²) in [6.45, 7) is 1.75. The number of H-pyrrole nitrogens is 1. The number of amides is 2. The predicted molar refractivity (Wildman–Crippen MR) is 152 cm³/mol. The van der Waals surface area contributed by atoms with E-state index in [0.717, 1.165) is 42.0 Å². The van der Waals surface area contributed by atoms with E-state index in [4.69, 9.17) is 0 Å². The number of aromatic hydroxyl groups is 1. The maximum Gasteiger partial charge on any atom is 0.319 e. The third-order valence-electron chi connectivity index (χ3n) is 9.17. The molecular formula is C31H38N4O4. The van der Waals surface area contributed by atoms with Crippen LogP contribution in [0, 0.1) is 23.2 Å². The first-order chi connectivity index (χ1) is 18.9. The molecule has 8 heteroatoms. The Labute approximate surface area is 228 Å². The average molecular weight is 531 g/mol. The molecule has 4 aliphatic carbocycles. The van der Waals surface area contributed by atoms with Crippen molar-refractivity contribution in [1.82, 2.24) is 15.6 Å². The fourth-order valence-corrected chi connectivity index (χ4v) is 7.89. The SMILES string of the molecule is O=C(NCC12CC3CC(CC(C3)C1)C2)Nc1cccc(CCNC[C@@H](O)c2ccc(O)c3[nH]c(=O)ccc23)c1. The second kappa shape index (κ2) is 10.7. The molecular weight excluding hydrogens is 492 g/mol. The first-order valence-corrected chi connectivity index (χ1v) is 14.2. The molecule has 4 bridgehead atoms. The fourth-order valence-electron chi connectivity index (χ4n) is 7.89. The zero-order chi connectivity index (χ0) is 27.0. The normalized spacial score (nSPS) is 26.0. The quantitative estimate of drug-likeness (QED) is 0.228. The Bertz CT molecular complexity index is 1380. The van der Waals surface area contributed by atoms with Crippen LogP contribution in [0.3, 0.4) is 0 Å². The van der Waals surface area contributed by atoms with Crippen molar-refractivity contribution in [2.24, 2.45) is 23.2 Å². The summed E-state index contributed by atoms with van der Waals surface area (Å²) in [6, 6.07) is 13.9. The van der Waals surface area contributed by atoms with E-state index in [1.807, 2.05) is 24.3 Å². The minimum Gasteiger partial charge on any atom is -0.506 e. The minimum atomic E-state index is -0.801. The number of rotatable bonds is 9. The van der Waals surface area contributed by atoms with Crippen LogP contribution in [0.2, 0.25) is 0 Å². The lowest BCUT2D eigenvalue weighted by Crippen LogP contribution is -2.51. The molecule has 8 nitrogen and oxygen atoms in total. The Kier molecular flexibility index (Phi) is 7.08. The third kappa shape index (κ3) is 5.68. The van der Waals surface area contributed by atoms with Gasteiger partial charge < -0.3 is 31.1 Å². The van der Waals surface area contributed by atoms with Crippen molar-refractivity contribution in [2.75, 3.05) is 25.0 Å². The molecule has 4 saturated carbocycles. The number of benzene rings is 2. The molecule has 4 aliphatic rings. The second-order valence-corrected chi connectivity index (χ2v) is 12.2. The number of aliphatic hydroxyl groups is 1. The first-order valence-electron chi connectivity index (χ1n) is 14.2. The number of anilines is 1. The highest BCUT2D eigenvalue weighted by atomic mass is 16.3. The maximum absolute atomic E-state index is 12.7. The Morgan fingerprint density at radius 3 is 2.51 bits per heavy atom. The van der Waals surface area contributed by atoms with Crippen LogP contribution in [-0.2, 0) is 6.42 Å². The number of urea groups is 1. The highest BCUT2D eigenvalue weighted by molar-refractivity contribution is 5.89. The lowest BCUT2D eigenvalue weighted by atomic mass is 9.49. The van der Waals surface area contributed by atoms with Crippen molar-refractivity contribution in [3.05, 3.63) is 70.0 Å². The van der Waals surface area contributed by atoms with Gasteiger partial charge in [0.05, 0.1) is 11.6 Å². The van der Waals surface area contributed by atoms with E-state index < -0.39 is 6.10 Å². The summed E-state index contributed by atoms with van der Waals surface area (Å²) in [4.78, 5) is 27.0. The monoisotopic (exact) mass is 530 g/mol. The van der Waals surface area contributed by atoms with E-state index in [1.165, 1.54) is 50.7 Å². The molecule has 0 aliphatic heterocycles. The topological polar surface area (TPSA) is 126 Å². The highest BCUT2D eigenvalue weighted by Gasteiger charge is 2.50. The van der Waals surface area contributed by atoms with E-state index in [-0.39, 0.29) is 17.3 Å². The number of nitrogens with one attached hydrogen (secondary N) is 4. The number of phenols is 1. The number of aliphatic hydroxyl groups excluding tert-OH is 1. The summed E-state index contributed by atoms with van der Waals surface area (Å²) in [5, 5.41) is 30.9. The number of pyridine rings is 1. The highest BCUT2D eigenvalue weighted by Crippen LogP contribution is 2.59. The molecule has 2 amide bonds. The van der Waals surface area contributed by atoms with Crippen molar-refractivity contribution in [3.63, 3.8) is 0 Å². The zero-order valence-electron chi connectivity index (χ0n) is 22.2. The molecule has 2 aromatic carbocycles. The van der Waals surface area contributed by atoms with Crippen molar-refractivity contribution in [3.8, 4) is 5.75 Å². The number of carbonyl (C=O) groups is 1. The van der Waals surface area contributed by atoms with E-state index in [2.05, 4.69) is 20.9 Å². The van der Waals surface area contributed by atoms with Crippen LogP contribution in [0.4, 0.5) is 10.5 Å². The summed E-state index contributed by atoms with van der Waals surface area (Å²) < 4.78 is 0. The number of aromatic amines is 1. The van der Waals surface area contributed by atoms with Crippen molar-refractivity contribution >= 4 is 22.6 Å². The van der Waals surface area contributed by atoms with Gasteiger partial charge >= 0.3 is 6.03 Å². The van der Waals surface area contributed by atoms with Crippen molar-refractivity contribution in [2.45, 2.75) is 51.0 Å². The molecule has 39 heavy (non-hydrogen) atoms. The van der Waals surface area contributed by atoms with Crippen LogP contribution in [0.15, 0.2) is 53.3 Å². The van der Waals surface area contributed by atoms with Gasteiger partial charge in [-0.25, -0.2) is 4.79 Å². The molecule has 3 aromatic rings. The molecule has 0 saturated heterocycles. The first kappa shape index (κ1) is 25.9.